The Kier molecular flexibility index (Phi) is 3.11. The largest absolute Gasteiger partial charge is 0.381 e. The second-order valence-electron chi connectivity index (χ2n) is 5.12. The lowest BCUT2D eigenvalue weighted by molar-refractivity contribution is 0.178. The molecule has 1 aromatic heterocycles. The second-order valence-corrected chi connectivity index (χ2v) is 5.12. The highest BCUT2D eigenvalue weighted by Crippen LogP contribution is 2.38. The Labute approximate surface area is 101 Å². The van der Waals surface area contributed by atoms with Crippen molar-refractivity contribution in [3.05, 3.63) is 11.7 Å². The lowest BCUT2D eigenvalue weighted by Gasteiger charge is -2.17. The van der Waals surface area contributed by atoms with E-state index in [1.165, 1.54) is 12.8 Å². The van der Waals surface area contributed by atoms with Crippen LogP contribution in [0.3, 0.4) is 0 Å². The molecule has 1 aliphatic carbocycles. The Bertz CT molecular complexity index is 370. The Hall–Kier alpha value is -0.940. The van der Waals surface area contributed by atoms with E-state index in [4.69, 9.17) is 9.26 Å². The second kappa shape index (κ2) is 4.74. The molecule has 1 saturated heterocycles. The summed E-state index contributed by atoms with van der Waals surface area (Å²) in [6.45, 7) is 4.65. The van der Waals surface area contributed by atoms with Crippen LogP contribution in [0, 0.1) is 5.92 Å². The van der Waals surface area contributed by atoms with Crippen LogP contribution >= 0.6 is 0 Å². The van der Waals surface area contributed by atoms with Crippen molar-refractivity contribution in [3.63, 3.8) is 0 Å². The predicted molar refractivity (Wildman–Crippen MR) is 61.5 cm³/mol. The van der Waals surface area contributed by atoms with E-state index in [2.05, 4.69) is 22.4 Å². The van der Waals surface area contributed by atoms with Crippen LogP contribution in [0.15, 0.2) is 4.52 Å². The standard InChI is InChI=1S/C12H19N3O2/c1-8(10-4-5-16-7-10)13-6-11-14-12(17-15-11)9-2-3-9/h8-10,13H,2-7H2,1H3/t8-,10+/m1/s1. The van der Waals surface area contributed by atoms with Gasteiger partial charge in [-0.2, -0.15) is 4.98 Å². The van der Waals surface area contributed by atoms with Crippen LogP contribution in [0.5, 0.6) is 0 Å². The van der Waals surface area contributed by atoms with Gasteiger partial charge in [-0.1, -0.05) is 5.16 Å². The molecule has 1 aliphatic heterocycles. The van der Waals surface area contributed by atoms with Crippen LogP contribution in [0.25, 0.3) is 0 Å². The fourth-order valence-electron chi connectivity index (χ4n) is 2.20. The molecule has 0 bridgehead atoms. The van der Waals surface area contributed by atoms with Crippen molar-refractivity contribution < 1.29 is 9.26 Å². The number of aromatic nitrogens is 2. The Balaban J connectivity index is 1.48. The van der Waals surface area contributed by atoms with Crippen molar-refractivity contribution >= 4 is 0 Å². The predicted octanol–water partition coefficient (Wildman–Crippen LogP) is 1.46. The molecular formula is C12H19N3O2. The average molecular weight is 237 g/mol. The maximum absolute atomic E-state index is 5.38. The fraction of sp³-hybridized carbons (Fsp3) is 0.833. The average Bonchev–Trinajstić information content (AvgIpc) is 2.88. The van der Waals surface area contributed by atoms with Gasteiger partial charge >= 0.3 is 0 Å². The van der Waals surface area contributed by atoms with Crippen LogP contribution in [0.4, 0.5) is 0 Å². The van der Waals surface area contributed by atoms with Gasteiger partial charge in [-0.05, 0) is 32.1 Å². The first-order chi connectivity index (χ1) is 8.33. The van der Waals surface area contributed by atoms with Crippen LogP contribution in [0.1, 0.15) is 43.8 Å². The van der Waals surface area contributed by atoms with E-state index in [0.717, 1.165) is 31.3 Å². The summed E-state index contributed by atoms with van der Waals surface area (Å²) in [6, 6.07) is 0.445. The van der Waals surface area contributed by atoms with E-state index < -0.39 is 0 Å². The minimum absolute atomic E-state index is 0.445. The van der Waals surface area contributed by atoms with Gasteiger partial charge in [0.2, 0.25) is 5.89 Å². The van der Waals surface area contributed by atoms with Gasteiger partial charge in [-0.15, -0.1) is 0 Å². The van der Waals surface area contributed by atoms with Crippen molar-refractivity contribution in [1.82, 2.24) is 15.5 Å². The highest BCUT2D eigenvalue weighted by atomic mass is 16.5. The van der Waals surface area contributed by atoms with Gasteiger partial charge in [-0.25, -0.2) is 0 Å². The summed E-state index contributed by atoms with van der Waals surface area (Å²) in [5.74, 6) is 2.75. The number of hydrogen-bond donors (Lipinski definition) is 1. The highest BCUT2D eigenvalue weighted by molar-refractivity contribution is 5.01. The van der Waals surface area contributed by atoms with Crippen LogP contribution in [0.2, 0.25) is 0 Å². The van der Waals surface area contributed by atoms with Gasteiger partial charge in [0.05, 0.1) is 13.2 Å². The van der Waals surface area contributed by atoms with Gasteiger partial charge in [0.15, 0.2) is 5.82 Å². The zero-order valence-corrected chi connectivity index (χ0v) is 10.2. The first-order valence-electron chi connectivity index (χ1n) is 6.46. The summed E-state index contributed by atoms with van der Waals surface area (Å²) in [5, 5.41) is 7.44. The zero-order valence-electron chi connectivity index (χ0n) is 10.2. The van der Waals surface area contributed by atoms with Gasteiger partial charge in [0.1, 0.15) is 0 Å². The number of hydrogen-bond acceptors (Lipinski definition) is 5. The minimum Gasteiger partial charge on any atom is -0.381 e. The molecule has 2 fully saturated rings. The Morgan fingerprint density at radius 2 is 2.29 bits per heavy atom. The molecular weight excluding hydrogens is 218 g/mol. The molecule has 2 atom stereocenters. The van der Waals surface area contributed by atoms with E-state index >= 15 is 0 Å². The topological polar surface area (TPSA) is 60.2 Å². The molecule has 5 heteroatoms. The summed E-state index contributed by atoms with van der Waals surface area (Å²) in [4.78, 5) is 4.40. The lowest BCUT2D eigenvalue weighted by atomic mass is 10.0. The van der Waals surface area contributed by atoms with E-state index in [9.17, 15) is 0 Å². The third-order valence-corrected chi connectivity index (χ3v) is 3.66. The quantitative estimate of drug-likeness (QED) is 0.840. The first kappa shape index (κ1) is 11.2. The van der Waals surface area contributed by atoms with E-state index in [-0.39, 0.29) is 0 Å². The normalized spacial score (nSPS) is 26.3. The van der Waals surface area contributed by atoms with Crippen molar-refractivity contribution in [3.8, 4) is 0 Å². The number of nitrogens with zero attached hydrogens (tertiary/aromatic N) is 2. The van der Waals surface area contributed by atoms with Crippen molar-refractivity contribution in [2.75, 3.05) is 13.2 Å². The minimum atomic E-state index is 0.445. The molecule has 1 saturated carbocycles. The van der Waals surface area contributed by atoms with Crippen molar-refractivity contribution in [2.45, 2.75) is 44.7 Å². The van der Waals surface area contributed by atoms with Gasteiger partial charge in [-0.3, -0.25) is 0 Å². The summed E-state index contributed by atoms with van der Waals surface area (Å²) < 4.78 is 10.6. The lowest BCUT2D eigenvalue weighted by Crippen LogP contribution is -2.33. The fourth-order valence-corrected chi connectivity index (χ4v) is 2.20. The smallest absolute Gasteiger partial charge is 0.229 e. The van der Waals surface area contributed by atoms with E-state index in [1.807, 2.05) is 0 Å². The van der Waals surface area contributed by atoms with Crippen LogP contribution in [-0.2, 0) is 11.3 Å². The third-order valence-electron chi connectivity index (χ3n) is 3.66. The first-order valence-corrected chi connectivity index (χ1v) is 6.46. The number of rotatable bonds is 5. The molecule has 0 radical (unpaired) electrons. The third kappa shape index (κ3) is 2.66. The van der Waals surface area contributed by atoms with E-state index in [0.29, 0.717) is 24.4 Å². The SMILES string of the molecule is C[C@@H](NCc1noc(C2CC2)n1)[C@H]1CCOC1. The Morgan fingerprint density at radius 1 is 1.41 bits per heavy atom. The summed E-state index contributed by atoms with van der Waals surface area (Å²) in [7, 11) is 0. The Morgan fingerprint density at radius 3 is 3.00 bits per heavy atom. The number of ether oxygens (including phenoxy) is 1. The molecule has 0 amide bonds. The van der Waals surface area contributed by atoms with Crippen LogP contribution in [-0.4, -0.2) is 29.4 Å². The molecule has 0 unspecified atom stereocenters. The van der Waals surface area contributed by atoms with Gasteiger partial charge < -0.3 is 14.6 Å². The molecule has 94 valence electrons. The molecule has 0 spiro atoms. The number of nitrogens with one attached hydrogen (secondary N) is 1. The summed E-state index contributed by atoms with van der Waals surface area (Å²) >= 11 is 0. The summed E-state index contributed by atoms with van der Waals surface area (Å²) in [5.41, 5.74) is 0. The molecule has 1 aromatic rings. The van der Waals surface area contributed by atoms with E-state index in [1.54, 1.807) is 0 Å². The van der Waals surface area contributed by atoms with Gasteiger partial charge in [0.25, 0.3) is 0 Å². The zero-order chi connectivity index (χ0) is 11.7. The molecule has 1 N–H and O–H groups in total. The molecule has 5 nitrogen and oxygen atoms in total. The highest BCUT2D eigenvalue weighted by Gasteiger charge is 2.29. The maximum atomic E-state index is 5.38. The monoisotopic (exact) mass is 237 g/mol. The molecule has 0 aromatic carbocycles. The van der Waals surface area contributed by atoms with Crippen molar-refractivity contribution in [1.29, 1.82) is 0 Å². The molecule has 2 heterocycles. The summed E-state index contributed by atoms with van der Waals surface area (Å²) in [6.07, 6.45) is 3.55. The molecule has 2 aliphatic rings. The molecule has 17 heavy (non-hydrogen) atoms. The maximum Gasteiger partial charge on any atom is 0.229 e. The van der Waals surface area contributed by atoms with Crippen molar-refractivity contribution in [2.24, 2.45) is 5.92 Å². The van der Waals surface area contributed by atoms with Crippen LogP contribution < -0.4 is 5.32 Å². The molecule has 3 rings (SSSR count). The van der Waals surface area contributed by atoms with Gasteiger partial charge in [0, 0.05) is 18.6 Å².